The van der Waals surface area contributed by atoms with Gasteiger partial charge in [-0.2, -0.15) is 5.10 Å². The number of imide groups is 1. The second kappa shape index (κ2) is 8.76. The van der Waals surface area contributed by atoms with Crippen LogP contribution < -0.4 is 10.6 Å². The largest absolute Gasteiger partial charge is 0.444 e. The number of hydrogen-bond donors (Lipinski definition) is 2. The van der Waals surface area contributed by atoms with E-state index in [-0.39, 0.29) is 17.7 Å². The molecule has 0 aliphatic rings. The molecule has 0 unspecified atom stereocenters. The molecule has 0 radical (unpaired) electrons. The fraction of sp³-hybridized carbons (Fsp3) is 0.0952. The van der Waals surface area contributed by atoms with Crippen LogP contribution >= 0.6 is 11.3 Å². The normalized spacial score (nSPS) is 10.6. The zero-order chi connectivity index (χ0) is 21.8. The highest BCUT2D eigenvalue weighted by atomic mass is 32.1. The first kappa shape index (κ1) is 20.2. The van der Waals surface area contributed by atoms with Gasteiger partial charge < -0.3 is 10.1 Å². The molecule has 0 atom stereocenters. The molecule has 156 valence electrons. The molecule has 4 aromatic rings. The molecule has 0 bridgehead atoms. The van der Waals surface area contributed by atoms with Gasteiger partial charge >= 0.3 is 6.09 Å². The third-order valence-electron chi connectivity index (χ3n) is 4.35. The average Bonchev–Trinajstić information content (AvgIpc) is 3.42. The maximum absolute atomic E-state index is 12.5. The van der Waals surface area contributed by atoms with Crippen molar-refractivity contribution in [3.05, 3.63) is 82.6 Å². The Bertz CT molecular complexity index is 1260. The molecule has 0 aliphatic heterocycles. The Labute approximate surface area is 180 Å². The molecule has 0 saturated heterocycles. The van der Waals surface area contributed by atoms with Crippen LogP contribution in [-0.2, 0) is 11.3 Å². The summed E-state index contributed by atoms with van der Waals surface area (Å²) in [6.07, 6.45) is 3.65. The van der Waals surface area contributed by atoms with E-state index in [0.29, 0.717) is 10.6 Å². The third kappa shape index (κ3) is 4.75. The standard InChI is InChI=1S/C21H17N5O4S/c1-13-2-4-14(5-3-13)12-30-21(29)25-19(28)16-7-9-31-20(16)24-18(27)15-10-22-17-6-8-23-26(17)11-15/h2-11H,12H2,1H3,(H,24,27)(H,25,28,29). The van der Waals surface area contributed by atoms with Crippen LogP contribution in [0.3, 0.4) is 0 Å². The minimum atomic E-state index is -0.873. The Balaban J connectivity index is 1.37. The van der Waals surface area contributed by atoms with E-state index in [0.717, 1.165) is 22.5 Å². The van der Waals surface area contributed by atoms with Gasteiger partial charge in [-0.1, -0.05) is 29.8 Å². The van der Waals surface area contributed by atoms with Crippen LogP contribution in [0.25, 0.3) is 5.65 Å². The van der Waals surface area contributed by atoms with E-state index in [1.165, 1.54) is 23.0 Å². The first-order valence-corrected chi connectivity index (χ1v) is 10.1. The summed E-state index contributed by atoms with van der Waals surface area (Å²) in [7, 11) is 0. The molecule has 2 N–H and O–H groups in total. The van der Waals surface area contributed by atoms with Crippen molar-refractivity contribution in [3.63, 3.8) is 0 Å². The van der Waals surface area contributed by atoms with Crippen molar-refractivity contribution >= 4 is 39.9 Å². The Morgan fingerprint density at radius 3 is 2.71 bits per heavy atom. The van der Waals surface area contributed by atoms with E-state index >= 15 is 0 Å². The number of alkyl carbamates (subject to hydrolysis) is 1. The van der Waals surface area contributed by atoms with E-state index in [2.05, 4.69) is 20.7 Å². The molecule has 0 spiro atoms. The van der Waals surface area contributed by atoms with Gasteiger partial charge in [-0.15, -0.1) is 11.3 Å². The Morgan fingerprint density at radius 2 is 1.90 bits per heavy atom. The maximum Gasteiger partial charge on any atom is 0.414 e. The lowest BCUT2D eigenvalue weighted by molar-refractivity contribution is 0.0913. The van der Waals surface area contributed by atoms with Gasteiger partial charge in [-0.25, -0.2) is 14.3 Å². The van der Waals surface area contributed by atoms with Crippen molar-refractivity contribution in [2.75, 3.05) is 5.32 Å². The minimum absolute atomic E-state index is 0.0372. The molecule has 4 rings (SSSR count). The first-order valence-electron chi connectivity index (χ1n) is 9.21. The molecule has 1 aromatic carbocycles. The van der Waals surface area contributed by atoms with Crippen LogP contribution in [0, 0.1) is 6.92 Å². The Hall–Kier alpha value is -4.05. The molecule has 3 aromatic heterocycles. The van der Waals surface area contributed by atoms with Gasteiger partial charge in [-0.3, -0.25) is 14.9 Å². The third-order valence-corrected chi connectivity index (χ3v) is 5.18. The molecule has 0 aliphatic carbocycles. The predicted octanol–water partition coefficient (Wildman–Crippen LogP) is 3.42. The number of fused-ring (bicyclic) bond motifs is 1. The number of thiophene rings is 1. The number of benzene rings is 1. The fourth-order valence-electron chi connectivity index (χ4n) is 2.72. The quantitative estimate of drug-likeness (QED) is 0.496. The SMILES string of the molecule is Cc1ccc(COC(=O)NC(=O)c2ccsc2NC(=O)c2cnc3ccnn3c2)cc1. The summed E-state index contributed by atoms with van der Waals surface area (Å²) in [5, 5.41) is 10.8. The summed E-state index contributed by atoms with van der Waals surface area (Å²) in [6, 6.07) is 10.7. The maximum atomic E-state index is 12.5. The van der Waals surface area contributed by atoms with Crippen molar-refractivity contribution < 1.29 is 19.1 Å². The first-order chi connectivity index (χ1) is 15.0. The monoisotopic (exact) mass is 435 g/mol. The Kier molecular flexibility index (Phi) is 5.72. The summed E-state index contributed by atoms with van der Waals surface area (Å²) >= 11 is 1.16. The average molecular weight is 435 g/mol. The van der Waals surface area contributed by atoms with Crippen LogP contribution in [-0.4, -0.2) is 32.5 Å². The number of aromatic nitrogens is 3. The van der Waals surface area contributed by atoms with Gasteiger partial charge in [0.1, 0.15) is 11.6 Å². The van der Waals surface area contributed by atoms with Crippen LogP contribution in [0.1, 0.15) is 31.8 Å². The minimum Gasteiger partial charge on any atom is -0.444 e. The zero-order valence-electron chi connectivity index (χ0n) is 16.4. The van der Waals surface area contributed by atoms with Crippen molar-refractivity contribution in [3.8, 4) is 0 Å². The van der Waals surface area contributed by atoms with Crippen LogP contribution in [0.4, 0.5) is 9.80 Å². The van der Waals surface area contributed by atoms with E-state index in [9.17, 15) is 14.4 Å². The lowest BCUT2D eigenvalue weighted by Gasteiger charge is -2.08. The molecule has 0 saturated carbocycles. The van der Waals surface area contributed by atoms with Crippen molar-refractivity contribution in [1.29, 1.82) is 0 Å². The van der Waals surface area contributed by atoms with Gasteiger partial charge in [0.15, 0.2) is 5.65 Å². The van der Waals surface area contributed by atoms with Crippen LogP contribution in [0.5, 0.6) is 0 Å². The number of carbonyl (C=O) groups is 3. The smallest absolute Gasteiger partial charge is 0.414 e. The molecule has 3 heterocycles. The lowest BCUT2D eigenvalue weighted by atomic mass is 10.2. The predicted molar refractivity (Wildman–Crippen MR) is 114 cm³/mol. The van der Waals surface area contributed by atoms with Crippen LogP contribution in [0.15, 0.2) is 60.4 Å². The highest BCUT2D eigenvalue weighted by Crippen LogP contribution is 2.24. The molecule has 3 amide bonds. The van der Waals surface area contributed by atoms with Crippen molar-refractivity contribution in [2.45, 2.75) is 13.5 Å². The Morgan fingerprint density at radius 1 is 1.10 bits per heavy atom. The van der Waals surface area contributed by atoms with E-state index in [1.807, 2.05) is 31.2 Å². The fourth-order valence-corrected chi connectivity index (χ4v) is 3.50. The van der Waals surface area contributed by atoms with Gasteiger partial charge in [0.2, 0.25) is 0 Å². The van der Waals surface area contributed by atoms with Gasteiger partial charge in [-0.05, 0) is 23.9 Å². The molecular weight excluding hydrogens is 418 g/mol. The molecule has 10 heteroatoms. The second-order valence-corrected chi connectivity index (χ2v) is 7.53. The molecule has 0 fully saturated rings. The number of nitrogens with zero attached hydrogens (tertiary/aromatic N) is 3. The van der Waals surface area contributed by atoms with E-state index in [4.69, 9.17) is 4.74 Å². The van der Waals surface area contributed by atoms with Crippen LogP contribution in [0.2, 0.25) is 0 Å². The number of ether oxygens (including phenoxy) is 1. The van der Waals surface area contributed by atoms with Crippen molar-refractivity contribution in [1.82, 2.24) is 19.9 Å². The van der Waals surface area contributed by atoms with Gasteiger partial charge in [0.25, 0.3) is 11.8 Å². The number of amides is 3. The number of hydrogen-bond acceptors (Lipinski definition) is 7. The summed E-state index contributed by atoms with van der Waals surface area (Å²) in [4.78, 5) is 41.1. The zero-order valence-corrected chi connectivity index (χ0v) is 17.2. The number of rotatable bonds is 5. The number of anilines is 1. The number of aryl methyl sites for hydroxylation is 1. The summed E-state index contributed by atoms with van der Waals surface area (Å²) in [5.74, 6) is -1.13. The number of nitrogens with one attached hydrogen (secondary N) is 2. The molecule has 31 heavy (non-hydrogen) atoms. The summed E-state index contributed by atoms with van der Waals surface area (Å²) < 4.78 is 6.56. The lowest BCUT2D eigenvalue weighted by Crippen LogP contribution is -2.31. The molecular formula is C21H17N5O4S. The summed E-state index contributed by atoms with van der Waals surface area (Å²) in [5.41, 5.74) is 2.93. The van der Waals surface area contributed by atoms with Gasteiger partial charge in [0, 0.05) is 18.5 Å². The van der Waals surface area contributed by atoms with E-state index < -0.39 is 17.9 Å². The highest BCUT2D eigenvalue weighted by molar-refractivity contribution is 7.14. The molecule has 9 nitrogen and oxygen atoms in total. The summed E-state index contributed by atoms with van der Waals surface area (Å²) in [6.45, 7) is 2.00. The highest BCUT2D eigenvalue weighted by Gasteiger charge is 2.19. The van der Waals surface area contributed by atoms with E-state index in [1.54, 1.807) is 17.6 Å². The van der Waals surface area contributed by atoms with Crippen molar-refractivity contribution in [2.24, 2.45) is 0 Å². The topological polar surface area (TPSA) is 115 Å². The second-order valence-electron chi connectivity index (χ2n) is 6.61. The number of carbonyl (C=O) groups excluding carboxylic acids is 3. The van der Waals surface area contributed by atoms with Gasteiger partial charge in [0.05, 0.1) is 17.3 Å².